The van der Waals surface area contributed by atoms with Crippen LogP contribution in [0.15, 0.2) is 30.3 Å². The molecule has 0 bridgehead atoms. The average Bonchev–Trinajstić information content (AvgIpc) is 2.30. The molecular formula is C15H24O2. The minimum absolute atomic E-state index is 0.0604. The third-order valence-corrected chi connectivity index (χ3v) is 3.49. The van der Waals surface area contributed by atoms with E-state index in [9.17, 15) is 0 Å². The summed E-state index contributed by atoms with van der Waals surface area (Å²) in [6.07, 6.45) is 0.993. The summed E-state index contributed by atoms with van der Waals surface area (Å²) in [5.74, 6) is 0.516. The molecule has 2 nitrogen and oxygen atoms in total. The summed E-state index contributed by atoms with van der Waals surface area (Å²) in [6, 6.07) is 10.6. The third kappa shape index (κ3) is 3.83. The molecule has 0 aromatic heterocycles. The van der Waals surface area contributed by atoms with E-state index in [4.69, 9.17) is 9.47 Å². The maximum atomic E-state index is 5.41. The first-order chi connectivity index (χ1) is 8.14. The van der Waals surface area contributed by atoms with E-state index in [1.807, 2.05) is 6.07 Å². The Morgan fingerprint density at radius 2 is 1.53 bits per heavy atom. The van der Waals surface area contributed by atoms with Gasteiger partial charge in [0.15, 0.2) is 0 Å². The Morgan fingerprint density at radius 3 is 1.94 bits per heavy atom. The fourth-order valence-corrected chi connectivity index (χ4v) is 2.26. The van der Waals surface area contributed by atoms with Gasteiger partial charge in [-0.3, -0.25) is 0 Å². The van der Waals surface area contributed by atoms with Crippen LogP contribution in [0.3, 0.4) is 0 Å². The monoisotopic (exact) mass is 236 g/mol. The molecule has 0 radical (unpaired) electrons. The van der Waals surface area contributed by atoms with Gasteiger partial charge in [0.2, 0.25) is 0 Å². The standard InChI is InChI=1S/C15H24O2/c1-13(2)15(11-16-3,12-17-4)10-14-8-6-5-7-9-14/h5-9,13H,10-12H2,1-4H3. The largest absolute Gasteiger partial charge is 0.384 e. The number of hydrogen-bond acceptors (Lipinski definition) is 2. The molecule has 0 aliphatic heterocycles. The van der Waals surface area contributed by atoms with E-state index in [1.54, 1.807) is 14.2 Å². The molecule has 17 heavy (non-hydrogen) atoms. The van der Waals surface area contributed by atoms with Crippen LogP contribution in [0.5, 0.6) is 0 Å². The topological polar surface area (TPSA) is 18.5 Å². The second-order valence-electron chi connectivity index (χ2n) is 5.05. The smallest absolute Gasteiger partial charge is 0.0546 e. The lowest BCUT2D eigenvalue weighted by atomic mass is 9.74. The summed E-state index contributed by atoms with van der Waals surface area (Å²) in [6.45, 7) is 5.93. The summed E-state index contributed by atoms with van der Waals surface area (Å²) < 4.78 is 10.8. The van der Waals surface area contributed by atoms with Gasteiger partial charge in [-0.05, 0) is 17.9 Å². The van der Waals surface area contributed by atoms with Crippen molar-refractivity contribution in [1.29, 1.82) is 0 Å². The quantitative estimate of drug-likeness (QED) is 0.724. The first-order valence-electron chi connectivity index (χ1n) is 6.16. The third-order valence-electron chi connectivity index (χ3n) is 3.49. The van der Waals surface area contributed by atoms with E-state index in [0.717, 1.165) is 19.6 Å². The van der Waals surface area contributed by atoms with Gasteiger partial charge in [-0.2, -0.15) is 0 Å². The van der Waals surface area contributed by atoms with Crippen molar-refractivity contribution in [1.82, 2.24) is 0 Å². The molecule has 1 rings (SSSR count). The predicted octanol–water partition coefficient (Wildman–Crippen LogP) is 3.16. The molecule has 0 heterocycles. The zero-order valence-electron chi connectivity index (χ0n) is 11.4. The van der Waals surface area contributed by atoms with Crippen LogP contribution in [0.4, 0.5) is 0 Å². The fourth-order valence-electron chi connectivity index (χ4n) is 2.26. The molecule has 0 amide bonds. The minimum Gasteiger partial charge on any atom is -0.384 e. The SMILES string of the molecule is COCC(COC)(Cc1ccccc1)C(C)C. The van der Waals surface area contributed by atoms with Crippen molar-refractivity contribution in [2.24, 2.45) is 11.3 Å². The van der Waals surface area contributed by atoms with Crippen LogP contribution < -0.4 is 0 Å². The van der Waals surface area contributed by atoms with Crippen LogP contribution in [-0.4, -0.2) is 27.4 Å². The molecule has 1 aromatic carbocycles. The summed E-state index contributed by atoms with van der Waals surface area (Å²) in [5, 5.41) is 0. The zero-order chi connectivity index (χ0) is 12.7. The molecule has 0 fully saturated rings. The van der Waals surface area contributed by atoms with Gasteiger partial charge in [-0.15, -0.1) is 0 Å². The highest BCUT2D eigenvalue weighted by atomic mass is 16.5. The van der Waals surface area contributed by atoms with Crippen molar-refractivity contribution >= 4 is 0 Å². The molecule has 0 spiro atoms. The van der Waals surface area contributed by atoms with E-state index in [1.165, 1.54) is 5.56 Å². The first kappa shape index (κ1) is 14.2. The number of hydrogen-bond donors (Lipinski definition) is 0. The van der Waals surface area contributed by atoms with Crippen molar-refractivity contribution < 1.29 is 9.47 Å². The molecular weight excluding hydrogens is 212 g/mol. The van der Waals surface area contributed by atoms with Crippen LogP contribution in [0.2, 0.25) is 0 Å². The van der Waals surface area contributed by atoms with Gasteiger partial charge in [0.1, 0.15) is 0 Å². The van der Waals surface area contributed by atoms with Gasteiger partial charge < -0.3 is 9.47 Å². The van der Waals surface area contributed by atoms with Gasteiger partial charge in [0.05, 0.1) is 13.2 Å². The van der Waals surface area contributed by atoms with Crippen molar-refractivity contribution in [3.05, 3.63) is 35.9 Å². The average molecular weight is 236 g/mol. The van der Waals surface area contributed by atoms with Crippen LogP contribution in [0.25, 0.3) is 0 Å². The molecule has 0 aliphatic rings. The Kier molecular flexibility index (Phi) is 5.66. The molecule has 0 aliphatic carbocycles. The van der Waals surface area contributed by atoms with Gasteiger partial charge in [-0.25, -0.2) is 0 Å². The van der Waals surface area contributed by atoms with E-state index in [2.05, 4.69) is 38.1 Å². The van der Waals surface area contributed by atoms with Gasteiger partial charge in [0, 0.05) is 19.6 Å². The Bertz CT molecular complexity index is 300. The Labute approximate surface area is 105 Å². The molecule has 0 atom stereocenters. The molecule has 2 heteroatoms. The van der Waals surface area contributed by atoms with Crippen LogP contribution in [0.1, 0.15) is 19.4 Å². The zero-order valence-corrected chi connectivity index (χ0v) is 11.4. The van der Waals surface area contributed by atoms with Crippen molar-refractivity contribution in [2.75, 3.05) is 27.4 Å². The summed E-state index contributed by atoms with van der Waals surface area (Å²) in [4.78, 5) is 0. The van der Waals surface area contributed by atoms with Crippen molar-refractivity contribution in [3.8, 4) is 0 Å². The first-order valence-corrected chi connectivity index (χ1v) is 6.16. The minimum atomic E-state index is 0.0604. The van der Waals surface area contributed by atoms with E-state index < -0.39 is 0 Å². The highest BCUT2D eigenvalue weighted by molar-refractivity contribution is 5.17. The second-order valence-corrected chi connectivity index (χ2v) is 5.05. The normalized spacial score (nSPS) is 12.1. The Hall–Kier alpha value is -0.860. The summed E-state index contributed by atoms with van der Waals surface area (Å²) in [7, 11) is 3.52. The van der Waals surface area contributed by atoms with Crippen LogP contribution >= 0.6 is 0 Å². The number of methoxy groups -OCH3 is 2. The second kappa shape index (κ2) is 6.77. The number of ether oxygens (including phenoxy) is 2. The summed E-state index contributed by atoms with van der Waals surface area (Å²) in [5.41, 5.74) is 1.40. The van der Waals surface area contributed by atoms with Gasteiger partial charge >= 0.3 is 0 Å². The molecule has 0 saturated carbocycles. The number of rotatable bonds is 7. The van der Waals surface area contributed by atoms with E-state index >= 15 is 0 Å². The summed E-state index contributed by atoms with van der Waals surface area (Å²) >= 11 is 0. The van der Waals surface area contributed by atoms with Gasteiger partial charge in [-0.1, -0.05) is 44.2 Å². The highest BCUT2D eigenvalue weighted by Crippen LogP contribution is 2.32. The maximum Gasteiger partial charge on any atom is 0.0546 e. The molecule has 0 unspecified atom stereocenters. The van der Waals surface area contributed by atoms with Crippen LogP contribution in [-0.2, 0) is 15.9 Å². The number of benzene rings is 1. The maximum absolute atomic E-state index is 5.41. The lowest BCUT2D eigenvalue weighted by molar-refractivity contribution is -0.0202. The predicted molar refractivity (Wildman–Crippen MR) is 71.2 cm³/mol. The molecule has 0 N–H and O–H groups in total. The van der Waals surface area contributed by atoms with Crippen LogP contribution in [0, 0.1) is 11.3 Å². The lowest BCUT2D eigenvalue weighted by Crippen LogP contribution is -2.39. The van der Waals surface area contributed by atoms with E-state index in [0.29, 0.717) is 5.92 Å². The Morgan fingerprint density at radius 1 is 1.00 bits per heavy atom. The molecule has 1 aromatic rings. The van der Waals surface area contributed by atoms with Gasteiger partial charge in [0.25, 0.3) is 0 Å². The molecule has 96 valence electrons. The van der Waals surface area contributed by atoms with Crippen molar-refractivity contribution in [3.63, 3.8) is 0 Å². The fraction of sp³-hybridized carbons (Fsp3) is 0.600. The highest BCUT2D eigenvalue weighted by Gasteiger charge is 2.34. The van der Waals surface area contributed by atoms with Crippen molar-refractivity contribution in [2.45, 2.75) is 20.3 Å². The molecule has 0 saturated heterocycles. The van der Waals surface area contributed by atoms with E-state index in [-0.39, 0.29) is 5.41 Å². The Balaban J connectivity index is 2.88. The lowest BCUT2D eigenvalue weighted by Gasteiger charge is -2.36.